The van der Waals surface area contributed by atoms with Gasteiger partial charge in [0.15, 0.2) is 0 Å². The summed E-state index contributed by atoms with van der Waals surface area (Å²) in [5.41, 5.74) is 0.909. The van der Waals surface area contributed by atoms with E-state index < -0.39 is 17.9 Å². The molecule has 0 spiro atoms. The second-order valence-corrected chi connectivity index (χ2v) is 4.64. The van der Waals surface area contributed by atoms with E-state index in [1.165, 1.54) is 25.3 Å². The van der Waals surface area contributed by atoms with Crippen molar-refractivity contribution in [1.82, 2.24) is 10.3 Å². The molecular formula is C17H15FN2O4. The fraction of sp³-hybridized carbons (Fsp3) is 0.118. The molecule has 24 heavy (non-hydrogen) atoms. The normalized spacial score (nSPS) is 10.8. The van der Waals surface area contributed by atoms with Crippen LogP contribution in [0.25, 0.3) is 6.08 Å². The number of hydrogen-bond acceptors (Lipinski definition) is 5. The van der Waals surface area contributed by atoms with Crippen LogP contribution >= 0.6 is 0 Å². The maximum atomic E-state index is 12.9. The number of alkyl carbamates (subject to hydrolysis) is 1. The molecule has 124 valence electrons. The first-order chi connectivity index (χ1) is 11.6. The Morgan fingerprint density at radius 2 is 1.96 bits per heavy atom. The first kappa shape index (κ1) is 17.1. The Labute approximate surface area is 137 Å². The Hall–Kier alpha value is -3.22. The molecule has 0 saturated heterocycles. The Balaban J connectivity index is 2.04. The number of aromatic nitrogens is 1. The van der Waals surface area contributed by atoms with Gasteiger partial charge < -0.3 is 9.47 Å². The van der Waals surface area contributed by atoms with Gasteiger partial charge in [0.1, 0.15) is 18.1 Å². The van der Waals surface area contributed by atoms with E-state index in [1.54, 1.807) is 12.1 Å². The molecule has 0 atom stereocenters. The molecule has 6 nitrogen and oxygen atoms in total. The lowest BCUT2D eigenvalue weighted by atomic mass is 10.2. The SMILES string of the molecule is COC(=O)/C(=C/c1ccc(F)cn1)NC(=O)OCc1ccccc1. The minimum atomic E-state index is -0.822. The van der Waals surface area contributed by atoms with Crippen molar-refractivity contribution in [2.45, 2.75) is 6.61 Å². The minimum Gasteiger partial charge on any atom is -0.464 e. The third-order valence-corrected chi connectivity index (χ3v) is 2.90. The lowest BCUT2D eigenvalue weighted by Gasteiger charge is -2.09. The van der Waals surface area contributed by atoms with Crippen LogP contribution in [0.3, 0.4) is 0 Å². The van der Waals surface area contributed by atoms with Gasteiger partial charge in [0, 0.05) is 0 Å². The molecule has 0 aliphatic rings. The molecule has 0 aliphatic heterocycles. The number of benzene rings is 1. The zero-order valence-corrected chi connectivity index (χ0v) is 12.9. The Bertz CT molecular complexity index is 730. The van der Waals surface area contributed by atoms with Gasteiger partial charge in [-0.3, -0.25) is 10.3 Å². The highest BCUT2D eigenvalue weighted by Gasteiger charge is 2.15. The monoisotopic (exact) mass is 330 g/mol. The van der Waals surface area contributed by atoms with Gasteiger partial charge in [0.05, 0.1) is 19.0 Å². The smallest absolute Gasteiger partial charge is 0.412 e. The molecule has 7 heteroatoms. The fourth-order valence-corrected chi connectivity index (χ4v) is 1.75. The molecule has 0 fully saturated rings. The molecule has 0 unspecified atom stereocenters. The van der Waals surface area contributed by atoms with Gasteiger partial charge >= 0.3 is 12.1 Å². The summed E-state index contributed by atoms with van der Waals surface area (Å²) in [4.78, 5) is 27.3. The van der Waals surface area contributed by atoms with Crippen LogP contribution in [-0.2, 0) is 20.9 Å². The third kappa shape index (κ3) is 5.20. The summed E-state index contributed by atoms with van der Waals surface area (Å²) < 4.78 is 22.5. The molecule has 0 aliphatic carbocycles. The number of methoxy groups -OCH3 is 1. The highest BCUT2D eigenvalue weighted by atomic mass is 19.1. The number of ether oxygens (including phenoxy) is 2. The molecule has 1 aromatic heterocycles. The van der Waals surface area contributed by atoms with Crippen molar-refractivity contribution in [2.24, 2.45) is 0 Å². The van der Waals surface area contributed by atoms with Crippen LogP contribution in [0.1, 0.15) is 11.3 Å². The molecule has 0 saturated carbocycles. The average molecular weight is 330 g/mol. The van der Waals surface area contributed by atoms with E-state index in [1.807, 2.05) is 18.2 Å². The minimum absolute atomic E-state index is 0.0515. The van der Waals surface area contributed by atoms with Gasteiger partial charge in [-0.05, 0) is 23.8 Å². The van der Waals surface area contributed by atoms with E-state index in [2.05, 4.69) is 15.0 Å². The number of nitrogens with zero attached hydrogens (tertiary/aromatic N) is 1. The van der Waals surface area contributed by atoms with E-state index in [0.717, 1.165) is 11.8 Å². The van der Waals surface area contributed by atoms with Crippen LogP contribution in [0.15, 0.2) is 54.4 Å². The van der Waals surface area contributed by atoms with Crippen molar-refractivity contribution in [2.75, 3.05) is 7.11 Å². The van der Waals surface area contributed by atoms with Crippen LogP contribution in [0, 0.1) is 5.82 Å². The summed E-state index contributed by atoms with van der Waals surface area (Å²) in [6, 6.07) is 11.6. The topological polar surface area (TPSA) is 77.5 Å². The Morgan fingerprint density at radius 1 is 1.21 bits per heavy atom. The number of hydrogen-bond donors (Lipinski definition) is 1. The summed E-state index contributed by atoms with van der Waals surface area (Å²) in [6.07, 6.45) is 1.43. The molecule has 0 radical (unpaired) electrons. The summed E-state index contributed by atoms with van der Waals surface area (Å²) in [7, 11) is 1.17. The standard InChI is InChI=1S/C17H15FN2O4/c1-23-16(21)15(9-14-8-7-13(18)10-19-14)20-17(22)24-11-12-5-3-2-4-6-12/h2-10H,11H2,1H3,(H,20,22)/b15-9-. The fourth-order valence-electron chi connectivity index (χ4n) is 1.75. The van der Waals surface area contributed by atoms with Gasteiger partial charge in [0.25, 0.3) is 0 Å². The van der Waals surface area contributed by atoms with Crippen LogP contribution in [-0.4, -0.2) is 24.2 Å². The van der Waals surface area contributed by atoms with Gasteiger partial charge in [0.2, 0.25) is 0 Å². The van der Waals surface area contributed by atoms with Crippen LogP contribution in [0.2, 0.25) is 0 Å². The average Bonchev–Trinajstić information content (AvgIpc) is 2.61. The van der Waals surface area contributed by atoms with Crippen molar-refractivity contribution < 1.29 is 23.5 Å². The first-order valence-corrected chi connectivity index (χ1v) is 6.98. The van der Waals surface area contributed by atoms with Gasteiger partial charge in [-0.2, -0.15) is 0 Å². The first-order valence-electron chi connectivity index (χ1n) is 6.98. The van der Waals surface area contributed by atoms with Crippen molar-refractivity contribution in [3.8, 4) is 0 Å². The van der Waals surface area contributed by atoms with E-state index in [-0.39, 0.29) is 18.0 Å². The van der Waals surface area contributed by atoms with Gasteiger partial charge in [-0.15, -0.1) is 0 Å². The molecule has 1 heterocycles. The Kier molecular flexibility index (Phi) is 6.01. The van der Waals surface area contributed by atoms with E-state index >= 15 is 0 Å². The lowest BCUT2D eigenvalue weighted by molar-refractivity contribution is -0.136. The lowest BCUT2D eigenvalue weighted by Crippen LogP contribution is -2.28. The number of nitrogens with one attached hydrogen (secondary N) is 1. The maximum absolute atomic E-state index is 12.9. The number of rotatable bonds is 5. The molecule has 1 N–H and O–H groups in total. The number of carbonyl (C=O) groups excluding carboxylic acids is 2. The third-order valence-electron chi connectivity index (χ3n) is 2.90. The summed E-state index contributed by atoms with van der Waals surface area (Å²) in [5, 5.41) is 2.29. The van der Waals surface area contributed by atoms with Crippen LogP contribution in [0.4, 0.5) is 9.18 Å². The van der Waals surface area contributed by atoms with Crippen molar-refractivity contribution in [3.63, 3.8) is 0 Å². The summed E-state index contributed by atoms with van der Waals surface area (Å²) >= 11 is 0. The second kappa shape index (κ2) is 8.42. The quantitative estimate of drug-likeness (QED) is 0.674. The van der Waals surface area contributed by atoms with E-state index in [0.29, 0.717) is 0 Å². The summed E-state index contributed by atoms with van der Waals surface area (Å²) in [5.74, 6) is -1.29. The number of halogens is 1. The van der Waals surface area contributed by atoms with Crippen molar-refractivity contribution >= 4 is 18.1 Å². The predicted octanol–water partition coefficient (Wildman–Crippen LogP) is 2.66. The molecule has 2 aromatic rings. The summed E-state index contributed by atoms with van der Waals surface area (Å²) in [6.45, 7) is 0.0515. The Morgan fingerprint density at radius 3 is 2.58 bits per heavy atom. The predicted molar refractivity (Wildman–Crippen MR) is 84.0 cm³/mol. The molecule has 0 bridgehead atoms. The van der Waals surface area contributed by atoms with Crippen LogP contribution < -0.4 is 5.32 Å². The van der Waals surface area contributed by atoms with E-state index in [9.17, 15) is 14.0 Å². The van der Waals surface area contributed by atoms with Gasteiger partial charge in [-0.25, -0.2) is 14.0 Å². The zero-order chi connectivity index (χ0) is 17.4. The van der Waals surface area contributed by atoms with Crippen molar-refractivity contribution in [3.05, 3.63) is 71.4 Å². The van der Waals surface area contributed by atoms with Gasteiger partial charge in [-0.1, -0.05) is 30.3 Å². The van der Waals surface area contributed by atoms with Crippen molar-refractivity contribution in [1.29, 1.82) is 0 Å². The molecular weight excluding hydrogens is 315 g/mol. The number of amides is 1. The molecule has 2 rings (SSSR count). The van der Waals surface area contributed by atoms with Crippen LogP contribution in [0.5, 0.6) is 0 Å². The largest absolute Gasteiger partial charge is 0.464 e. The number of carbonyl (C=O) groups is 2. The number of pyridine rings is 1. The van der Waals surface area contributed by atoms with E-state index in [4.69, 9.17) is 4.74 Å². The zero-order valence-electron chi connectivity index (χ0n) is 12.9. The highest BCUT2D eigenvalue weighted by Crippen LogP contribution is 2.06. The molecule has 1 amide bonds. The second-order valence-electron chi connectivity index (χ2n) is 4.64. The number of esters is 1. The molecule has 1 aromatic carbocycles. The maximum Gasteiger partial charge on any atom is 0.412 e. The highest BCUT2D eigenvalue weighted by molar-refractivity contribution is 5.96.